The van der Waals surface area contributed by atoms with Crippen molar-refractivity contribution in [2.75, 3.05) is 13.1 Å². The number of carboxylic acid groups (broad SMARTS) is 1. The molecule has 4 N–H and O–H groups in total. The minimum Gasteiger partial charge on any atom is -0.480 e. The molecule has 1 aliphatic heterocycles. The number of rotatable bonds is 3. The van der Waals surface area contributed by atoms with Gasteiger partial charge in [-0.25, -0.2) is 0 Å². The molecule has 2 atom stereocenters. The van der Waals surface area contributed by atoms with Crippen LogP contribution in [0, 0.1) is 5.92 Å². The molecule has 58 valence electrons. The van der Waals surface area contributed by atoms with E-state index in [1.165, 1.54) is 0 Å². The van der Waals surface area contributed by atoms with E-state index in [9.17, 15) is 4.79 Å². The Morgan fingerprint density at radius 3 is 3.30 bits per heavy atom. The molecule has 0 saturated carbocycles. The summed E-state index contributed by atoms with van der Waals surface area (Å²) in [5, 5.41) is 11.4. The number of aliphatic carboxylic acids is 1. The third kappa shape index (κ3) is 1.46. The minimum atomic E-state index is -0.794. The van der Waals surface area contributed by atoms with E-state index in [0.29, 0.717) is 19.5 Å². The van der Waals surface area contributed by atoms with Gasteiger partial charge in [0.15, 0.2) is 0 Å². The molecule has 1 heterocycles. The number of nitrogens with two attached hydrogens (primary N) is 1. The largest absolute Gasteiger partial charge is 0.480 e. The van der Waals surface area contributed by atoms with Crippen LogP contribution in [0.1, 0.15) is 6.42 Å². The second-order valence-corrected chi connectivity index (χ2v) is 2.60. The average molecular weight is 145 g/mol. The van der Waals surface area contributed by atoms with Crippen molar-refractivity contribution in [2.24, 2.45) is 11.6 Å². The van der Waals surface area contributed by atoms with Gasteiger partial charge in [0.2, 0.25) is 0 Å². The lowest BCUT2D eigenvalue weighted by Crippen LogP contribution is -2.29. The number of hydrogen-bond acceptors (Lipinski definition) is 3. The summed E-state index contributed by atoms with van der Waals surface area (Å²) in [4.78, 5) is 10.4. The standard InChI is InChI=1S/C6H12N2O2/c7-2-4-1-5(6(9)10)8-3-4/h4-5,8H,1-3,7H2,(H,9,10)/t4-,5-/m0/s1/i/hD. The molecule has 0 bridgehead atoms. The van der Waals surface area contributed by atoms with Gasteiger partial charge in [0.25, 0.3) is 0 Å². The summed E-state index contributed by atoms with van der Waals surface area (Å²) >= 11 is 0. The lowest BCUT2D eigenvalue weighted by molar-refractivity contribution is -0.139. The first-order valence-corrected chi connectivity index (χ1v) is 3.35. The van der Waals surface area contributed by atoms with Crippen LogP contribution < -0.4 is 11.0 Å². The third-order valence-electron chi connectivity index (χ3n) is 1.81. The Morgan fingerprint density at radius 2 is 2.80 bits per heavy atom. The smallest absolute Gasteiger partial charge is 0.320 e. The van der Waals surface area contributed by atoms with Crippen LogP contribution in [-0.4, -0.2) is 30.2 Å². The van der Waals surface area contributed by atoms with Gasteiger partial charge in [0.05, 0.1) is 0 Å². The van der Waals surface area contributed by atoms with E-state index in [0.717, 1.165) is 0 Å². The lowest BCUT2D eigenvalue weighted by Gasteiger charge is -2.02. The van der Waals surface area contributed by atoms with Crippen molar-refractivity contribution in [1.82, 2.24) is 5.32 Å². The highest BCUT2D eigenvalue weighted by Gasteiger charge is 2.27. The van der Waals surface area contributed by atoms with Crippen LogP contribution in [0.15, 0.2) is 0 Å². The summed E-state index contributed by atoms with van der Waals surface area (Å²) in [5.74, 6) is -0.508. The molecular weight excluding hydrogens is 132 g/mol. The van der Waals surface area contributed by atoms with Crippen molar-refractivity contribution in [3.63, 3.8) is 0 Å². The Labute approximate surface area is 60.9 Å². The minimum absolute atomic E-state index is 0.286. The summed E-state index contributed by atoms with van der Waals surface area (Å²) in [6, 6.07) is -0.409. The SMILES string of the molecule is [2H]NC[C@H]1CN[C@H](C(=O)O)C1. The molecule has 4 nitrogen and oxygen atoms in total. The third-order valence-corrected chi connectivity index (χ3v) is 1.81. The van der Waals surface area contributed by atoms with Gasteiger partial charge in [-0.15, -0.1) is 0 Å². The number of carboxylic acids is 1. The fraction of sp³-hybridized carbons (Fsp3) is 0.833. The highest BCUT2D eigenvalue weighted by molar-refractivity contribution is 5.73. The number of carbonyl (C=O) groups is 1. The zero-order valence-electron chi connectivity index (χ0n) is 6.63. The lowest BCUT2D eigenvalue weighted by atomic mass is 10.1. The molecule has 10 heavy (non-hydrogen) atoms. The van der Waals surface area contributed by atoms with Crippen molar-refractivity contribution in [3.8, 4) is 0 Å². The van der Waals surface area contributed by atoms with Crippen molar-refractivity contribution < 1.29 is 11.3 Å². The van der Waals surface area contributed by atoms with Crippen LogP contribution in [0.3, 0.4) is 0 Å². The molecule has 0 radical (unpaired) electrons. The van der Waals surface area contributed by atoms with Crippen LogP contribution in [0.4, 0.5) is 0 Å². The Morgan fingerprint density at radius 1 is 2.00 bits per heavy atom. The molecule has 0 unspecified atom stereocenters. The molecule has 1 fully saturated rings. The van der Waals surface area contributed by atoms with Gasteiger partial charge in [-0.1, -0.05) is 0 Å². The van der Waals surface area contributed by atoms with E-state index in [4.69, 9.17) is 6.52 Å². The van der Waals surface area contributed by atoms with Crippen molar-refractivity contribution >= 4 is 5.97 Å². The molecule has 0 aliphatic carbocycles. The zero-order valence-corrected chi connectivity index (χ0v) is 5.63. The van der Waals surface area contributed by atoms with Crippen LogP contribution >= 0.6 is 0 Å². The Balaban J connectivity index is 2.29. The van der Waals surface area contributed by atoms with Gasteiger partial charge in [-0.05, 0) is 18.9 Å². The highest BCUT2D eigenvalue weighted by atomic mass is 16.4. The second kappa shape index (κ2) is 2.98. The van der Waals surface area contributed by atoms with Gasteiger partial charge in [0, 0.05) is 6.54 Å². The molecule has 1 saturated heterocycles. The topological polar surface area (TPSA) is 75.3 Å². The maximum absolute atomic E-state index is 10.4. The van der Waals surface area contributed by atoms with Gasteiger partial charge >= 0.3 is 5.97 Å². The van der Waals surface area contributed by atoms with Crippen LogP contribution in [-0.2, 0) is 4.79 Å². The Bertz CT molecular complexity index is 154. The van der Waals surface area contributed by atoms with Crippen LogP contribution in [0.2, 0.25) is 1.41 Å². The van der Waals surface area contributed by atoms with Crippen LogP contribution in [0.5, 0.6) is 0 Å². The Kier molecular flexibility index (Phi) is 1.83. The van der Waals surface area contributed by atoms with E-state index < -0.39 is 12.0 Å². The molecule has 0 aromatic heterocycles. The maximum Gasteiger partial charge on any atom is 0.320 e. The van der Waals surface area contributed by atoms with E-state index >= 15 is 0 Å². The average Bonchev–Trinajstić information content (AvgIpc) is 2.37. The van der Waals surface area contributed by atoms with Gasteiger partial charge < -0.3 is 16.2 Å². The van der Waals surface area contributed by atoms with Gasteiger partial charge in [0.1, 0.15) is 7.45 Å². The second-order valence-electron chi connectivity index (χ2n) is 2.60. The number of hydrogen-bond donors (Lipinski definition) is 3. The first-order chi connectivity index (χ1) is 5.24. The summed E-state index contributed by atoms with van der Waals surface area (Å²) in [6.07, 6.45) is 0.626. The van der Waals surface area contributed by atoms with Crippen molar-refractivity contribution in [3.05, 3.63) is 0 Å². The molecule has 1 rings (SSSR count). The number of nitrogens with one attached hydrogen (secondary N) is 1. The predicted octanol–water partition coefficient (Wildman–Crippen LogP) is -0.992. The van der Waals surface area contributed by atoms with E-state index in [-0.39, 0.29) is 5.92 Å². The first-order valence-electron chi connectivity index (χ1n) is 3.85. The zero-order chi connectivity index (χ0) is 8.27. The fourth-order valence-electron chi connectivity index (χ4n) is 1.15. The van der Waals surface area contributed by atoms with E-state index in [1.54, 1.807) is 0 Å². The highest BCUT2D eigenvalue weighted by Crippen LogP contribution is 2.11. The van der Waals surface area contributed by atoms with E-state index in [2.05, 4.69) is 11.0 Å². The van der Waals surface area contributed by atoms with Gasteiger partial charge in [-0.3, -0.25) is 4.79 Å². The molecule has 0 aromatic carbocycles. The molecule has 4 heteroatoms. The summed E-state index contributed by atoms with van der Waals surface area (Å²) in [6.45, 7) is 1.26. The first kappa shape index (κ1) is 6.12. The summed E-state index contributed by atoms with van der Waals surface area (Å²) < 4.78 is 6.72. The summed E-state index contributed by atoms with van der Waals surface area (Å²) in [5.41, 5.74) is 2.29. The van der Waals surface area contributed by atoms with Gasteiger partial charge in [-0.2, -0.15) is 0 Å². The maximum atomic E-state index is 10.4. The van der Waals surface area contributed by atoms with Crippen molar-refractivity contribution in [1.29, 1.82) is 0 Å². The molecular formula is C6H12N2O2. The molecule has 0 spiro atoms. The normalized spacial score (nSPS) is 33.8. The predicted molar refractivity (Wildman–Crippen MR) is 36.6 cm³/mol. The van der Waals surface area contributed by atoms with Crippen molar-refractivity contribution in [2.45, 2.75) is 12.5 Å². The molecule has 0 aromatic rings. The summed E-state index contributed by atoms with van der Waals surface area (Å²) in [7, 11) is 0. The van der Waals surface area contributed by atoms with Crippen LogP contribution in [0.25, 0.3) is 0 Å². The monoisotopic (exact) mass is 145 g/mol. The molecule has 1 aliphatic rings. The Hall–Kier alpha value is -0.610. The molecule has 0 amide bonds. The van der Waals surface area contributed by atoms with E-state index in [1.807, 2.05) is 0 Å². The fourth-order valence-corrected chi connectivity index (χ4v) is 1.15. The quantitative estimate of drug-likeness (QED) is 0.476.